The molecular formula is C13H29N. The molecular weight excluding hydrogens is 170 g/mol. The van der Waals surface area contributed by atoms with Gasteiger partial charge in [-0.2, -0.15) is 0 Å². The van der Waals surface area contributed by atoms with Gasteiger partial charge in [-0.15, -0.1) is 0 Å². The summed E-state index contributed by atoms with van der Waals surface area (Å²) < 4.78 is 0. The number of nitrogens with one attached hydrogen (secondary N) is 1. The molecule has 0 rings (SSSR count). The molecule has 0 aliphatic carbocycles. The molecule has 0 saturated heterocycles. The van der Waals surface area contributed by atoms with Gasteiger partial charge in [0.05, 0.1) is 0 Å². The molecule has 0 aliphatic rings. The summed E-state index contributed by atoms with van der Waals surface area (Å²) in [4.78, 5) is 0. The van der Waals surface area contributed by atoms with Gasteiger partial charge in [-0.3, -0.25) is 0 Å². The van der Waals surface area contributed by atoms with E-state index in [4.69, 9.17) is 0 Å². The third kappa shape index (κ3) is 4.99. The Hall–Kier alpha value is -0.0400. The molecule has 0 radical (unpaired) electrons. The third-order valence-electron chi connectivity index (χ3n) is 3.23. The predicted molar refractivity (Wildman–Crippen MR) is 65.6 cm³/mol. The highest BCUT2D eigenvalue weighted by molar-refractivity contribution is 4.79. The van der Waals surface area contributed by atoms with E-state index in [2.05, 4.69) is 46.9 Å². The van der Waals surface area contributed by atoms with Crippen LogP contribution in [0.25, 0.3) is 0 Å². The summed E-state index contributed by atoms with van der Waals surface area (Å²) in [5.74, 6) is 1.61. The fourth-order valence-electron chi connectivity index (χ4n) is 2.08. The van der Waals surface area contributed by atoms with Crippen molar-refractivity contribution in [1.29, 1.82) is 0 Å². The van der Waals surface area contributed by atoms with Crippen molar-refractivity contribution in [2.45, 2.75) is 54.4 Å². The van der Waals surface area contributed by atoms with Crippen molar-refractivity contribution in [2.75, 3.05) is 13.1 Å². The van der Waals surface area contributed by atoms with Crippen LogP contribution in [0.4, 0.5) is 0 Å². The van der Waals surface area contributed by atoms with Crippen molar-refractivity contribution in [1.82, 2.24) is 5.32 Å². The van der Waals surface area contributed by atoms with Gasteiger partial charge >= 0.3 is 0 Å². The molecule has 0 bridgehead atoms. The van der Waals surface area contributed by atoms with Gasteiger partial charge in [0.15, 0.2) is 0 Å². The van der Waals surface area contributed by atoms with Crippen LogP contribution in [0, 0.1) is 17.3 Å². The quantitative estimate of drug-likeness (QED) is 0.643. The molecule has 1 heteroatoms. The Morgan fingerprint density at radius 2 is 1.71 bits per heavy atom. The first-order chi connectivity index (χ1) is 6.43. The molecule has 0 aromatic rings. The number of hydrogen-bond donors (Lipinski definition) is 1. The second kappa shape index (κ2) is 6.44. The van der Waals surface area contributed by atoms with E-state index < -0.39 is 0 Å². The maximum absolute atomic E-state index is 3.56. The van der Waals surface area contributed by atoms with Crippen molar-refractivity contribution >= 4 is 0 Å². The molecule has 2 unspecified atom stereocenters. The average Bonchev–Trinajstić information content (AvgIpc) is 2.09. The second-order valence-corrected chi connectivity index (χ2v) is 5.56. The highest BCUT2D eigenvalue weighted by Gasteiger charge is 2.27. The molecule has 0 aromatic carbocycles. The van der Waals surface area contributed by atoms with Crippen LogP contribution in [0.15, 0.2) is 0 Å². The molecule has 0 aliphatic heterocycles. The number of rotatable bonds is 6. The Morgan fingerprint density at radius 1 is 1.14 bits per heavy atom. The zero-order valence-corrected chi connectivity index (χ0v) is 11.0. The van der Waals surface area contributed by atoms with Crippen molar-refractivity contribution in [3.05, 3.63) is 0 Å². The van der Waals surface area contributed by atoms with Gasteiger partial charge in [-0.1, -0.05) is 48.0 Å². The monoisotopic (exact) mass is 199 g/mol. The first-order valence-corrected chi connectivity index (χ1v) is 6.14. The molecule has 0 fully saturated rings. The van der Waals surface area contributed by atoms with Gasteiger partial charge in [-0.25, -0.2) is 0 Å². The minimum atomic E-state index is 0.427. The third-order valence-corrected chi connectivity index (χ3v) is 3.23. The second-order valence-electron chi connectivity index (χ2n) is 5.56. The van der Waals surface area contributed by atoms with Gasteiger partial charge in [-0.05, 0) is 36.8 Å². The fourth-order valence-corrected chi connectivity index (χ4v) is 2.08. The van der Waals surface area contributed by atoms with E-state index in [1.165, 1.54) is 19.4 Å². The highest BCUT2D eigenvalue weighted by Crippen LogP contribution is 2.32. The van der Waals surface area contributed by atoms with Crippen molar-refractivity contribution in [3.63, 3.8) is 0 Å². The van der Waals surface area contributed by atoms with Crippen LogP contribution >= 0.6 is 0 Å². The topological polar surface area (TPSA) is 12.0 Å². The van der Waals surface area contributed by atoms with Gasteiger partial charge in [0.25, 0.3) is 0 Å². The lowest BCUT2D eigenvalue weighted by Gasteiger charge is -2.35. The Balaban J connectivity index is 4.12. The van der Waals surface area contributed by atoms with Crippen LogP contribution in [0.1, 0.15) is 54.4 Å². The largest absolute Gasteiger partial charge is 0.316 e. The summed E-state index contributed by atoms with van der Waals surface area (Å²) in [6.07, 6.45) is 2.52. The van der Waals surface area contributed by atoms with Gasteiger partial charge < -0.3 is 5.32 Å². The molecule has 0 amide bonds. The van der Waals surface area contributed by atoms with Crippen LogP contribution in [-0.4, -0.2) is 13.1 Å². The lowest BCUT2D eigenvalue weighted by atomic mass is 9.73. The van der Waals surface area contributed by atoms with E-state index in [1.807, 2.05) is 0 Å². The van der Waals surface area contributed by atoms with Gasteiger partial charge in [0.2, 0.25) is 0 Å². The standard InChI is InChI=1S/C13H29N/c1-7-9-14-10-12(11(3)8-2)13(4,5)6/h11-12,14H,7-10H2,1-6H3. The molecule has 0 aromatic heterocycles. The van der Waals surface area contributed by atoms with Crippen LogP contribution in [-0.2, 0) is 0 Å². The lowest BCUT2D eigenvalue weighted by molar-refractivity contribution is 0.160. The van der Waals surface area contributed by atoms with E-state index in [9.17, 15) is 0 Å². The van der Waals surface area contributed by atoms with Crippen LogP contribution in [0.2, 0.25) is 0 Å². The summed E-state index contributed by atoms with van der Waals surface area (Å²) in [5.41, 5.74) is 0.427. The molecule has 14 heavy (non-hydrogen) atoms. The Kier molecular flexibility index (Phi) is 6.43. The zero-order valence-electron chi connectivity index (χ0n) is 11.0. The molecule has 2 atom stereocenters. The average molecular weight is 199 g/mol. The summed E-state index contributed by atoms with van der Waals surface area (Å²) in [5, 5.41) is 3.56. The minimum Gasteiger partial charge on any atom is -0.316 e. The van der Waals surface area contributed by atoms with Crippen LogP contribution < -0.4 is 5.32 Å². The van der Waals surface area contributed by atoms with E-state index in [-0.39, 0.29) is 0 Å². The summed E-state index contributed by atoms with van der Waals surface area (Å²) in [6, 6.07) is 0. The molecule has 0 spiro atoms. The molecule has 86 valence electrons. The maximum Gasteiger partial charge on any atom is -0.00130 e. The van der Waals surface area contributed by atoms with Crippen molar-refractivity contribution in [2.24, 2.45) is 17.3 Å². The van der Waals surface area contributed by atoms with Gasteiger partial charge in [0.1, 0.15) is 0 Å². The smallest absolute Gasteiger partial charge is 0.00130 e. The molecule has 0 saturated carbocycles. The van der Waals surface area contributed by atoms with E-state index >= 15 is 0 Å². The first kappa shape index (κ1) is 14.0. The highest BCUT2D eigenvalue weighted by atomic mass is 14.9. The van der Waals surface area contributed by atoms with Crippen molar-refractivity contribution < 1.29 is 0 Å². The SMILES string of the molecule is CCCNCC(C(C)CC)C(C)(C)C. The first-order valence-electron chi connectivity index (χ1n) is 6.14. The zero-order chi connectivity index (χ0) is 11.2. The van der Waals surface area contributed by atoms with Crippen LogP contribution in [0.3, 0.4) is 0 Å². The lowest BCUT2D eigenvalue weighted by Crippen LogP contribution is -2.36. The number of hydrogen-bond acceptors (Lipinski definition) is 1. The van der Waals surface area contributed by atoms with Crippen molar-refractivity contribution in [3.8, 4) is 0 Å². The molecule has 1 nitrogen and oxygen atoms in total. The predicted octanol–water partition coefficient (Wildman–Crippen LogP) is 3.69. The molecule has 0 heterocycles. The van der Waals surface area contributed by atoms with E-state index in [0.29, 0.717) is 5.41 Å². The van der Waals surface area contributed by atoms with E-state index in [1.54, 1.807) is 0 Å². The fraction of sp³-hybridized carbons (Fsp3) is 1.00. The Morgan fingerprint density at radius 3 is 2.07 bits per heavy atom. The molecule has 1 N–H and O–H groups in total. The minimum absolute atomic E-state index is 0.427. The van der Waals surface area contributed by atoms with Gasteiger partial charge in [0, 0.05) is 0 Å². The van der Waals surface area contributed by atoms with Crippen LogP contribution in [0.5, 0.6) is 0 Å². The summed E-state index contributed by atoms with van der Waals surface area (Å²) in [6.45, 7) is 16.3. The van der Waals surface area contributed by atoms with E-state index in [0.717, 1.165) is 18.4 Å². The summed E-state index contributed by atoms with van der Waals surface area (Å²) >= 11 is 0. The Labute approximate surface area is 90.7 Å². The Bertz CT molecular complexity index is 135. The normalized spacial score (nSPS) is 16.7. The maximum atomic E-state index is 3.56. The summed E-state index contributed by atoms with van der Waals surface area (Å²) in [7, 11) is 0.